The van der Waals surface area contributed by atoms with Crippen LogP contribution in [-0.2, 0) is 0 Å². The zero-order valence-electron chi connectivity index (χ0n) is 13.6. The highest BCUT2D eigenvalue weighted by Crippen LogP contribution is 2.25. The topological polar surface area (TPSA) is 54.5 Å². The van der Waals surface area contributed by atoms with Gasteiger partial charge in [0.1, 0.15) is 11.6 Å². The highest BCUT2D eigenvalue weighted by molar-refractivity contribution is 5.67. The van der Waals surface area contributed by atoms with Crippen molar-refractivity contribution in [1.82, 2.24) is 19.9 Å². The second-order valence-electron chi connectivity index (χ2n) is 5.73. The molecule has 0 saturated carbocycles. The van der Waals surface area contributed by atoms with Crippen molar-refractivity contribution in [1.29, 1.82) is 0 Å². The maximum absolute atomic E-state index is 13.3. The fourth-order valence-electron chi connectivity index (χ4n) is 2.70. The van der Waals surface area contributed by atoms with Crippen LogP contribution in [0.25, 0.3) is 34.0 Å². The van der Waals surface area contributed by atoms with Crippen molar-refractivity contribution in [2.24, 2.45) is 0 Å². The smallest absolute Gasteiger partial charge is 0.159 e. The zero-order valence-corrected chi connectivity index (χ0v) is 13.6. The van der Waals surface area contributed by atoms with E-state index in [1.807, 2.05) is 37.3 Å². The third-order valence-electron chi connectivity index (χ3n) is 3.94. The lowest BCUT2D eigenvalue weighted by molar-refractivity contribution is 0.628. The number of nitrogens with one attached hydrogen (secondary N) is 1. The number of benzene rings is 2. The van der Waals surface area contributed by atoms with E-state index >= 15 is 0 Å². The molecule has 2 heterocycles. The Labute approximate surface area is 144 Å². The van der Waals surface area contributed by atoms with E-state index in [0.29, 0.717) is 11.4 Å². The molecule has 1 N–H and O–H groups in total. The normalized spacial score (nSPS) is 10.8. The molecule has 0 bridgehead atoms. The van der Waals surface area contributed by atoms with E-state index in [1.165, 1.54) is 12.1 Å². The molecule has 0 amide bonds. The fraction of sp³-hybridized carbons (Fsp3) is 0.0500. The predicted molar refractivity (Wildman–Crippen MR) is 95.2 cm³/mol. The van der Waals surface area contributed by atoms with Gasteiger partial charge in [0.2, 0.25) is 0 Å². The molecule has 4 aromatic rings. The Morgan fingerprint density at radius 1 is 0.840 bits per heavy atom. The summed E-state index contributed by atoms with van der Waals surface area (Å²) in [6.07, 6.45) is 3.43. The summed E-state index contributed by atoms with van der Waals surface area (Å²) in [4.78, 5) is 16.7. The molecule has 0 atom stereocenters. The standard InChI is InChI=1S/C20H15FN4/c1-13-18(25-20(24-13)14-6-3-2-4-7-14)16-11-22-19(23-12-16)15-8-5-9-17(21)10-15/h2-12H,1H3,(H,24,25). The van der Waals surface area contributed by atoms with Crippen LogP contribution in [0.5, 0.6) is 0 Å². The van der Waals surface area contributed by atoms with E-state index in [9.17, 15) is 4.39 Å². The van der Waals surface area contributed by atoms with Gasteiger partial charge in [0.05, 0.1) is 5.69 Å². The van der Waals surface area contributed by atoms with Crippen molar-refractivity contribution in [3.05, 3.63) is 78.5 Å². The van der Waals surface area contributed by atoms with Crippen molar-refractivity contribution in [2.75, 3.05) is 0 Å². The van der Waals surface area contributed by atoms with Gasteiger partial charge < -0.3 is 4.98 Å². The average Bonchev–Trinajstić information content (AvgIpc) is 3.04. The van der Waals surface area contributed by atoms with Crippen LogP contribution >= 0.6 is 0 Å². The number of aryl methyl sites for hydroxylation is 1. The number of rotatable bonds is 3. The van der Waals surface area contributed by atoms with Crippen molar-refractivity contribution >= 4 is 0 Å². The number of hydrogen-bond acceptors (Lipinski definition) is 3. The highest BCUT2D eigenvalue weighted by Gasteiger charge is 2.12. The molecule has 2 aromatic carbocycles. The molecular formula is C20H15FN4. The molecule has 0 fully saturated rings. The van der Waals surface area contributed by atoms with Gasteiger partial charge in [-0.25, -0.2) is 19.3 Å². The van der Waals surface area contributed by atoms with Crippen LogP contribution in [0.3, 0.4) is 0 Å². The molecule has 122 valence electrons. The monoisotopic (exact) mass is 330 g/mol. The summed E-state index contributed by atoms with van der Waals surface area (Å²) < 4.78 is 13.3. The molecule has 0 aliphatic heterocycles. The Kier molecular flexibility index (Phi) is 3.82. The van der Waals surface area contributed by atoms with Gasteiger partial charge in [-0.2, -0.15) is 0 Å². The van der Waals surface area contributed by atoms with Gasteiger partial charge in [0.15, 0.2) is 5.82 Å². The third kappa shape index (κ3) is 3.04. The SMILES string of the molecule is Cc1[nH]c(-c2ccccc2)nc1-c1cnc(-c2cccc(F)c2)nc1. The summed E-state index contributed by atoms with van der Waals surface area (Å²) in [5.41, 5.74) is 4.24. The lowest BCUT2D eigenvalue weighted by Crippen LogP contribution is -1.91. The molecular weight excluding hydrogens is 315 g/mol. The lowest BCUT2D eigenvalue weighted by atomic mass is 10.2. The maximum atomic E-state index is 13.3. The van der Waals surface area contributed by atoms with Gasteiger partial charge in [-0.3, -0.25) is 0 Å². The first-order chi connectivity index (χ1) is 12.2. The van der Waals surface area contributed by atoms with Crippen LogP contribution in [0, 0.1) is 12.7 Å². The number of imidazole rings is 1. The molecule has 5 heteroatoms. The maximum Gasteiger partial charge on any atom is 0.159 e. The summed E-state index contributed by atoms with van der Waals surface area (Å²) in [5, 5.41) is 0. The number of aromatic amines is 1. The first kappa shape index (κ1) is 15.2. The molecule has 0 saturated heterocycles. The highest BCUT2D eigenvalue weighted by atomic mass is 19.1. The Hall–Kier alpha value is -3.34. The minimum absolute atomic E-state index is 0.305. The van der Waals surface area contributed by atoms with Crippen LogP contribution < -0.4 is 0 Å². The largest absolute Gasteiger partial charge is 0.342 e. The molecule has 2 aromatic heterocycles. The van der Waals surface area contributed by atoms with Crippen LogP contribution in [-0.4, -0.2) is 19.9 Å². The van der Waals surface area contributed by atoms with E-state index < -0.39 is 0 Å². The molecule has 4 rings (SSSR count). The van der Waals surface area contributed by atoms with Crippen molar-refractivity contribution in [2.45, 2.75) is 6.92 Å². The Morgan fingerprint density at radius 3 is 2.28 bits per heavy atom. The number of halogens is 1. The summed E-state index contributed by atoms with van der Waals surface area (Å²) in [7, 11) is 0. The van der Waals surface area contributed by atoms with Gasteiger partial charge in [0, 0.05) is 34.8 Å². The van der Waals surface area contributed by atoms with Crippen LogP contribution in [0.15, 0.2) is 67.0 Å². The van der Waals surface area contributed by atoms with Crippen LogP contribution in [0.2, 0.25) is 0 Å². The predicted octanol–water partition coefficient (Wildman–Crippen LogP) is 4.65. The first-order valence-electron chi connectivity index (χ1n) is 7.91. The van der Waals surface area contributed by atoms with Gasteiger partial charge in [-0.15, -0.1) is 0 Å². The minimum atomic E-state index is -0.305. The first-order valence-corrected chi connectivity index (χ1v) is 7.91. The molecule has 0 aliphatic carbocycles. The van der Waals surface area contributed by atoms with Crippen molar-refractivity contribution in [3.63, 3.8) is 0 Å². The second-order valence-corrected chi connectivity index (χ2v) is 5.73. The van der Waals surface area contributed by atoms with Gasteiger partial charge in [-0.1, -0.05) is 42.5 Å². The molecule has 0 radical (unpaired) electrons. The lowest BCUT2D eigenvalue weighted by Gasteiger charge is -2.02. The van der Waals surface area contributed by atoms with Gasteiger partial charge >= 0.3 is 0 Å². The molecule has 0 unspecified atom stereocenters. The van der Waals surface area contributed by atoms with Crippen molar-refractivity contribution < 1.29 is 4.39 Å². The number of aromatic nitrogens is 4. The van der Waals surface area contributed by atoms with Crippen molar-refractivity contribution in [3.8, 4) is 34.0 Å². The Bertz CT molecular complexity index is 1010. The summed E-state index contributed by atoms with van der Waals surface area (Å²) in [6.45, 7) is 1.97. The molecule has 25 heavy (non-hydrogen) atoms. The van der Waals surface area contributed by atoms with E-state index in [0.717, 1.165) is 28.3 Å². The minimum Gasteiger partial charge on any atom is -0.342 e. The third-order valence-corrected chi connectivity index (χ3v) is 3.94. The van der Waals surface area contributed by atoms with Gasteiger partial charge in [0.25, 0.3) is 0 Å². The van der Waals surface area contributed by atoms with Crippen LogP contribution in [0.1, 0.15) is 5.69 Å². The molecule has 4 nitrogen and oxygen atoms in total. The van der Waals surface area contributed by atoms with Gasteiger partial charge in [-0.05, 0) is 19.1 Å². The molecule has 0 aliphatic rings. The molecule has 0 spiro atoms. The zero-order chi connectivity index (χ0) is 17.2. The fourth-order valence-corrected chi connectivity index (χ4v) is 2.70. The summed E-state index contributed by atoms with van der Waals surface area (Å²) in [5.74, 6) is 0.989. The Balaban J connectivity index is 1.68. The second kappa shape index (κ2) is 6.28. The quantitative estimate of drug-likeness (QED) is 0.595. The van der Waals surface area contributed by atoms with Crippen LogP contribution in [0.4, 0.5) is 4.39 Å². The Morgan fingerprint density at radius 2 is 1.56 bits per heavy atom. The van der Waals surface area contributed by atoms with E-state index in [-0.39, 0.29) is 5.82 Å². The summed E-state index contributed by atoms with van der Waals surface area (Å²) in [6, 6.07) is 16.2. The average molecular weight is 330 g/mol. The van der Waals surface area contributed by atoms with E-state index in [4.69, 9.17) is 0 Å². The van der Waals surface area contributed by atoms with E-state index in [2.05, 4.69) is 19.9 Å². The van der Waals surface area contributed by atoms with E-state index in [1.54, 1.807) is 24.5 Å². The summed E-state index contributed by atoms with van der Waals surface area (Å²) >= 11 is 0. The number of H-pyrrole nitrogens is 1. The number of nitrogens with zero attached hydrogens (tertiary/aromatic N) is 3. The number of hydrogen-bond donors (Lipinski definition) is 1.